The Morgan fingerprint density at radius 3 is 2.59 bits per heavy atom. The lowest BCUT2D eigenvalue weighted by Gasteiger charge is -2.05. The van der Waals surface area contributed by atoms with Crippen LogP contribution in [0.5, 0.6) is 5.75 Å². The molecule has 0 aliphatic rings. The van der Waals surface area contributed by atoms with E-state index in [1.165, 1.54) is 0 Å². The van der Waals surface area contributed by atoms with Crippen LogP contribution in [0.15, 0.2) is 47.2 Å². The smallest absolute Gasteiger partial charge is 0.119 e. The normalized spacial score (nSPS) is 10.2. The van der Waals surface area contributed by atoms with Crippen LogP contribution < -0.4 is 4.74 Å². The third-order valence-corrected chi connectivity index (χ3v) is 2.68. The highest BCUT2D eigenvalue weighted by Crippen LogP contribution is 2.18. The minimum Gasteiger partial charge on any atom is -0.494 e. The van der Waals surface area contributed by atoms with Gasteiger partial charge in [-0.3, -0.25) is 4.98 Å². The molecule has 2 nitrogen and oxygen atoms in total. The van der Waals surface area contributed by atoms with Crippen LogP contribution in [0.4, 0.5) is 0 Å². The molecule has 0 amide bonds. The first kappa shape index (κ1) is 12.1. The summed E-state index contributed by atoms with van der Waals surface area (Å²) in [6, 6.07) is 10.0. The Hall–Kier alpha value is -1.35. The summed E-state index contributed by atoms with van der Waals surface area (Å²) in [6.07, 6.45) is 5.68. The zero-order valence-electron chi connectivity index (χ0n) is 9.56. The van der Waals surface area contributed by atoms with E-state index in [4.69, 9.17) is 4.74 Å². The molecule has 17 heavy (non-hydrogen) atoms. The maximum Gasteiger partial charge on any atom is 0.119 e. The Balaban J connectivity index is 2.08. The van der Waals surface area contributed by atoms with Crippen molar-refractivity contribution in [3.63, 3.8) is 0 Å². The minimum atomic E-state index is 0.693. The molecule has 0 saturated carbocycles. The Kier molecular flexibility index (Phi) is 4.15. The Labute approximate surface area is 110 Å². The maximum absolute atomic E-state index is 5.40. The van der Waals surface area contributed by atoms with E-state index in [1.54, 1.807) is 6.20 Å². The quantitative estimate of drug-likeness (QED) is 0.853. The van der Waals surface area contributed by atoms with Crippen molar-refractivity contribution in [2.24, 2.45) is 0 Å². The van der Waals surface area contributed by atoms with E-state index < -0.39 is 0 Å². The van der Waals surface area contributed by atoms with Crippen molar-refractivity contribution in [3.8, 4) is 5.75 Å². The average molecular weight is 291 g/mol. The molecule has 0 spiro atoms. The maximum atomic E-state index is 5.40. The predicted octanol–water partition coefficient (Wildman–Crippen LogP) is 3.84. The van der Waals surface area contributed by atoms with E-state index in [2.05, 4.69) is 27.3 Å². The van der Waals surface area contributed by atoms with Crippen LogP contribution in [0.3, 0.4) is 0 Å². The van der Waals surface area contributed by atoms with Crippen LogP contribution in [0, 0.1) is 6.42 Å². The van der Waals surface area contributed by atoms with Crippen LogP contribution >= 0.6 is 15.9 Å². The fraction of sp³-hybridized carbons (Fsp3) is 0.143. The molecule has 0 saturated heterocycles. The third kappa shape index (κ3) is 3.56. The molecule has 0 fully saturated rings. The second-order valence-electron chi connectivity index (χ2n) is 3.58. The molecule has 0 aliphatic heterocycles. The molecule has 0 N–H and O–H groups in total. The number of aromatic nitrogens is 1. The number of pyridine rings is 1. The summed E-state index contributed by atoms with van der Waals surface area (Å²) >= 11 is 3.41. The second-order valence-corrected chi connectivity index (χ2v) is 4.50. The average Bonchev–Trinajstić information content (AvgIpc) is 2.32. The SMILES string of the molecule is CCOc1ccc([CH]c2cncc(Br)c2)cc1. The fourth-order valence-corrected chi connectivity index (χ4v) is 1.91. The van der Waals surface area contributed by atoms with Gasteiger partial charge in [-0.25, -0.2) is 0 Å². The molecule has 2 rings (SSSR count). The fourth-order valence-electron chi connectivity index (χ4n) is 1.53. The zero-order chi connectivity index (χ0) is 12.1. The van der Waals surface area contributed by atoms with Gasteiger partial charge in [0, 0.05) is 23.3 Å². The van der Waals surface area contributed by atoms with Crippen LogP contribution in [0.1, 0.15) is 18.1 Å². The van der Waals surface area contributed by atoms with Crippen molar-refractivity contribution < 1.29 is 4.74 Å². The van der Waals surface area contributed by atoms with E-state index in [-0.39, 0.29) is 0 Å². The van der Waals surface area contributed by atoms with Crippen molar-refractivity contribution >= 4 is 15.9 Å². The van der Waals surface area contributed by atoms with Gasteiger partial charge in [-0.2, -0.15) is 0 Å². The van der Waals surface area contributed by atoms with Gasteiger partial charge >= 0.3 is 0 Å². The van der Waals surface area contributed by atoms with Gasteiger partial charge in [0.2, 0.25) is 0 Å². The van der Waals surface area contributed by atoms with Crippen LogP contribution in [0.25, 0.3) is 0 Å². The summed E-state index contributed by atoms with van der Waals surface area (Å²) in [7, 11) is 0. The molecule has 1 aromatic carbocycles. The van der Waals surface area contributed by atoms with Gasteiger partial charge in [0.15, 0.2) is 0 Å². The van der Waals surface area contributed by atoms with Gasteiger partial charge < -0.3 is 4.74 Å². The highest BCUT2D eigenvalue weighted by atomic mass is 79.9. The summed E-state index contributed by atoms with van der Waals surface area (Å²) in [5.74, 6) is 0.900. The molecule has 1 aromatic heterocycles. The van der Waals surface area contributed by atoms with Gasteiger partial charge in [-0.05, 0) is 52.2 Å². The number of hydrogen-bond acceptors (Lipinski definition) is 2. The van der Waals surface area contributed by atoms with E-state index in [0.717, 1.165) is 21.3 Å². The molecule has 3 heteroatoms. The molecule has 0 aliphatic carbocycles. The van der Waals surface area contributed by atoms with E-state index in [1.807, 2.05) is 43.5 Å². The molecule has 87 valence electrons. The van der Waals surface area contributed by atoms with Gasteiger partial charge in [0.1, 0.15) is 5.75 Å². The summed E-state index contributed by atoms with van der Waals surface area (Å²) in [6.45, 7) is 2.67. The summed E-state index contributed by atoms with van der Waals surface area (Å²) < 4.78 is 6.38. The lowest BCUT2D eigenvalue weighted by Crippen LogP contribution is -1.92. The van der Waals surface area contributed by atoms with E-state index >= 15 is 0 Å². The van der Waals surface area contributed by atoms with Crippen molar-refractivity contribution in [3.05, 3.63) is 64.7 Å². The molecule has 1 radical (unpaired) electrons. The highest BCUT2D eigenvalue weighted by molar-refractivity contribution is 9.10. The Morgan fingerprint density at radius 1 is 1.18 bits per heavy atom. The molecule has 0 atom stereocenters. The minimum absolute atomic E-state index is 0.693. The molecule has 1 heterocycles. The number of rotatable bonds is 4. The Morgan fingerprint density at radius 2 is 1.94 bits per heavy atom. The predicted molar refractivity (Wildman–Crippen MR) is 72.1 cm³/mol. The first-order valence-electron chi connectivity index (χ1n) is 5.46. The third-order valence-electron chi connectivity index (χ3n) is 2.25. The molecule has 2 aromatic rings. The first-order chi connectivity index (χ1) is 8.28. The van der Waals surface area contributed by atoms with Crippen molar-refractivity contribution in [1.82, 2.24) is 4.98 Å². The van der Waals surface area contributed by atoms with Crippen LogP contribution in [0.2, 0.25) is 0 Å². The first-order valence-corrected chi connectivity index (χ1v) is 6.25. The van der Waals surface area contributed by atoms with Gasteiger partial charge in [-0.1, -0.05) is 12.1 Å². The van der Waals surface area contributed by atoms with Crippen molar-refractivity contribution in [2.45, 2.75) is 6.92 Å². The van der Waals surface area contributed by atoms with Gasteiger partial charge in [-0.15, -0.1) is 0 Å². The second kappa shape index (κ2) is 5.82. The number of ether oxygens (including phenoxy) is 1. The molecule has 0 bridgehead atoms. The lowest BCUT2D eigenvalue weighted by atomic mass is 10.1. The number of halogens is 1. The molecular weight excluding hydrogens is 278 g/mol. The van der Waals surface area contributed by atoms with Gasteiger partial charge in [0.25, 0.3) is 0 Å². The zero-order valence-corrected chi connectivity index (χ0v) is 11.1. The summed E-state index contributed by atoms with van der Waals surface area (Å²) in [5.41, 5.74) is 2.21. The van der Waals surface area contributed by atoms with Crippen molar-refractivity contribution in [2.75, 3.05) is 6.61 Å². The monoisotopic (exact) mass is 290 g/mol. The lowest BCUT2D eigenvalue weighted by molar-refractivity contribution is 0.340. The number of hydrogen-bond donors (Lipinski definition) is 0. The highest BCUT2D eigenvalue weighted by Gasteiger charge is 1.99. The topological polar surface area (TPSA) is 22.1 Å². The largest absolute Gasteiger partial charge is 0.494 e. The molecule has 0 unspecified atom stereocenters. The van der Waals surface area contributed by atoms with E-state index in [9.17, 15) is 0 Å². The number of benzene rings is 1. The van der Waals surface area contributed by atoms with Gasteiger partial charge in [0.05, 0.1) is 6.61 Å². The number of nitrogens with zero attached hydrogens (tertiary/aromatic N) is 1. The standard InChI is InChI=1S/C14H13BrNO/c1-2-17-14-5-3-11(4-6-14)7-12-8-13(15)10-16-9-12/h3-10H,2H2,1H3. The molecular formula is C14H13BrNO. The van der Waals surface area contributed by atoms with Crippen molar-refractivity contribution in [1.29, 1.82) is 0 Å². The summed E-state index contributed by atoms with van der Waals surface area (Å²) in [5, 5.41) is 0. The van der Waals surface area contributed by atoms with Crippen LogP contribution in [-0.4, -0.2) is 11.6 Å². The van der Waals surface area contributed by atoms with E-state index in [0.29, 0.717) is 6.61 Å². The summed E-state index contributed by atoms with van der Waals surface area (Å²) in [4.78, 5) is 4.12. The Bertz CT molecular complexity index is 482. The van der Waals surface area contributed by atoms with Crippen LogP contribution in [-0.2, 0) is 0 Å².